The topological polar surface area (TPSA) is 127 Å². The van der Waals surface area contributed by atoms with Crippen LogP contribution in [0.2, 0.25) is 0 Å². The molecule has 0 atom stereocenters. The molecule has 144 valence electrons. The van der Waals surface area contributed by atoms with Gasteiger partial charge in [0.25, 0.3) is 0 Å². The number of nitrogens with zero attached hydrogens (tertiary/aromatic N) is 4. The molecule has 1 aromatic heterocycles. The fourth-order valence-electron chi connectivity index (χ4n) is 2.29. The number of Topliss-reactive ketones (excluding diaryl/α,β-unsaturated/α-hetero) is 1. The summed E-state index contributed by atoms with van der Waals surface area (Å²) >= 11 is 1.12. The smallest absolute Gasteiger partial charge is 0.338 e. The van der Waals surface area contributed by atoms with Gasteiger partial charge in [0.2, 0.25) is 5.16 Å². The minimum absolute atomic E-state index is 0.0332. The van der Waals surface area contributed by atoms with E-state index in [-0.39, 0.29) is 28.6 Å². The molecule has 0 saturated heterocycles. The maximum atomic E-state index is 12.3. The summed E-state index contributed by atoms with van der Waals surface area (Å²) in [7, 11) is 0. The number of phenolic OH excluding ortho intramolecular Hbond substituents is 2. The zero-order valence-electron chi connectivity index (χ0n) is 14.8. The summed E-state index contributed by atoms with van der Waals surface area (Å²) in [6, 6.07) is 10.4. The molecular weight excluding hydrogens is 384 g/mol. The fraction of sp³-hybridized carbons (Fsp3) is 0.167. The average molecular weight is 400 g/mol. The number of esters is 1. The summed E-state index contributed by atoms with van der Waals surface area (Å²) in [5.41, 5.74) is 1.30. The van der Waals surface area contributed by atoms with Crippen LogP contribution >= 0.6 is 11.8 Å². The molecule has 3 aromatic rings. The third kappa shape index (κ3) is 4.29. The molecule has 0 spiro atoms. The molecule has 28 heavy (non-hydrogen) atoms. The largest absolute Gasteiger partial charge is 0.504 e. The Hall–Kier alpha value is -3.40. The predicted octanol–water partition coefficient (Wildman–Crippen LogP) is 2.23. The molecule has 10 heteroatoms. The molecule has 0 aliphatic carbocycles. The number of rotatable bonds is 7. The minimum Gasteiger partial charge on any atom is -0.504 e. The van der Waals surface area contributed by atoms with E-state index in [0.29, 0.717) is 23.0 Å². The van der Waals surface area contributed by atoms with Crippen molar-refractivity contribution in [2.45, 2.75) is 12.1 Å². The zero-order chi connectivity index (χ0) is 20.1. The number of carbonyl (C=O) groups is 2. The molecule has 0 radical (unpaired) electrons. The van der Waals surface area contributed by atoms with Crippen LogP contribution in [0.1, 0.15) is 27.6 Å². The van der Waals surface area contributed by atoms with Crippen LogP contribution in [0.3, 0.4) is 0 Å². The van der Waals surface area contributed by atoms with Gasteiger partial charge >= 0.3 is 5.97 Å². The third-order valence-electron chi connectivity index (χ3n) is 3.69. The maximum Gasteiger partial charge on any atom is 0.338 e. The van der Waals surface area contributed by atoms with Crippen molar-refractivity contribution in [3.63, 3.8) is 0 Å². The first-order valence-electron chi connectivity index (χ1n) is 8.23. The Labute approximate surface area is 164 Å². The van der Waals surface area contributed by atoms with E-state index < -0.39 is 5.97 Å². The van der Waals surface area contributed by atoms with Gasteiger partial charge in [-0.3, -0.25) is 4.79 Å². The van der Waals surface area contributed by atoms with Gasteiger partial charge in [0.1, 0.15) is 0 Å². The van der Waals surface area contributed by atoms with Crippen molar-refractivity contribution < 1.29 is 24.5 Å². The Morgan fingerprint density at radius 2 is 1.79 bits per heavy atom. The molecule has 0 amide bonds. The number of hydrogen-bond acceptors (Lipinski definition) is 9. The van der Waals surface area contributed by atoms with Gasteiger partial charge in [-0.25, -0.2) is 4.79 Å². The van der Waals surface area contributed by atoms with Crippen molar-refractivity contribution in [2.75, 3.05) is 12.4 Å². The van der Waals surface area contributed by atoms with Crippen molar-refractivity contribution >= 4 is 23.5 Å². The van der Waals surface area contributed by atoms with Crippen LogP contribution in [-0.2, 0) is 4.74 Å². The molecule has 0 aliphatic rings. The number of benzene rings is 2. The summed E-state index contributed by atoms with van der Waals surface area (Å²) in [5.74, 6) is -1.29. The molecule has 0 saturated carbocycles. The second-order valence-corrected chi connectivity index (χ2v) is 6.50. The van der Waals surface area contributed by atoms with E-state index in [1.54, 1.807) is 31.2 Å². The predicted molar refractivity (Wildman–Crippen MR) is 99.9 cm³/mol. The summed E-state index contributed by atoms with van der Waals surface area (Å²) in [6.07, 6.45) is 0. The van der Waals surface area contributed by atoms with E-state index in [4.69, 9.17) is 4.74 Å². The fourth-order valence-corrected chi connectivity index (χ4v) is 3.08. The summed E-state index contributed by atoms with van der Waals surface area (Å²) in [6.45, 7) is 2.03. The monoisotopic (exact) mass is 400 g/mol. The van der Waals surface area contributed by atoms with Crippen molar-refractivity contribution in [3.8, 4) is 17.2 Å². The SMILES string of the molecule is CCOC(=O)c1ccc(-n2nnnc2SCC(=O)c2ccc(O)c(O)c2)cc1. The van der Waals surface area contributed by atoms with E-state index >= 15 is 0 Å². The summed E-state index contributed by atoms with van der Waals surface area (Å²) < 4.78 is 6.39. The van der Waals surface area contributed by atoms with Gasteiger partial charge in [-0.05, 0) is 59.8 Å². The highest BCUT2D eigenvalue weighted by Crippen LogP contribution is 2.26. The van der Waals surface area contributed by atoms with E-state index in [2.05, 4.69) is 15.5 Å². The number of tetrazole rings is 1. The molecule has 2 N–H and O–H groups in total. The summed E-state index contributed by atoms with van der Waals surface area (Å²) in [4.78, 5) is 24.0. The molecule has 0 aliphatic heterocycles. The van der Waals surface area contributed by atoms with Crippen molar-refractivity contribution in [1.29, 1.82) is 0 Å². The van der Waals surface area contributed by atoms with Crippen LogP contribution in [-0.4, -0.2) is 54.5 Å². The molecule has 2 aromatic carbocycles. The zero-order valence-corrected chi connectivity index (χ0v) is 15.6. The van der Waals surface area contributed by atoms with E-state index in [0.717, 1.165) is 11.8 Å². The lowest BCUT2D eigenvalue weighted by atomic mass is 10.1. The van der Waals surface area contributed by atoms with Gasteiger partial charge in [0, 0.05) is 5.56 Å². The van der Waals surface area contributed by atoms with Crippen LogP contribution in [0, 0.1) is 0 Å². The Morgan fingerprint density at radius 1 is 1.07 bits per heavy atom. The second kappa shape index (κ2) is 8.53. The van der Waals surface area contributed by atoms with E-state index in [1.165, 1.54) is 22.9 Å². The van der Waals surface area contributed by atoms with Crippen molar-refractivity contribution in [3.05, 3.63) is 53.6 Å². The second-order valence-electron chi connectivity index (χ2n) is 5.56. The number of aromatic nitrogens is 4. The summed E-state index contributed by atoms with van der Waals surface area (Å²) in [5, 5.41) is 30.7. The lowest BCUT2D eigenvalue weighted by Crippen LogP contribution is -2.06. The molecule has 0 fully saturated rings. The van der Waals surface area contributed by atoms with Crippen LogP contribution in [0.25, 0.3) is 5.69 Å². The van der Waals surface area contributed by atoms with Crippen LogP contribution < -0.4 is 0 Å². The highest BCUT2D eigenvalue weighted by molar-refractivity contribution is 7.99. The molecule has 0 unspecified atom stereocenters. The van der Waals surface area contributed by atoms with E-state index in [1.807, 2.05) is 0 Å². The molecule has 9 nitrogen and oxygen atoms in total. The first-order chi connectivity index (χ1) is 13.5. The highest BCUT2D eigenvalue weighted by Gasteiger charge is 2.15. The standard InChI is InChI=1S/C18H16N4O5S/c1-2-27-17(26)11-3-6-13(7-4-11)22-18(19-20-21-22)28-10-16(25)12-5-8-14(23)15(24)9-12/h3-9,23-24H,2,10H2,1H3. The molecule has 0 bridgehead atoms. The Kier molecular flexibility index (Phi) is 5.90. The highest BCUT2D eigenvalue weighted by atomic mass is 32.2. The van der Waals surface area contributed by atoms with Gasteiger partial charge < -0.3 is 14.9 Å². The first-order valence-corrected chi connectivity index (χ1v) is 9.22. The maximum absolute atomic E-state index is 12.3. The first kappa shape index (κ1) is 19.4. The third-order valence-corrected chi connectivity index (χ3v) is 4.61. The number of ketones is 1. The van der Waals surface area contributed by atoms with Crippen LogP contribution in [0.4, 0.5) is 0 Å². The van der Waals surface area contributed by atoms with Crippen LogP contribution in [0.15, 0.2) is 47.6 Å². The van der Waals surface area contributed by atoms with Crippen molar-refractivity contribution in [2.24, 2.45) is 0 Å². The lowest BCUT2D eigenvalue weighted by molar-refractivity contribution is 0.0526. The molecular formula is C18H16N4O5S. The number of thioether (sulfide) groups is 1. The lowest BCUT2D eigenvalue weighted by Gasteiger charge is -2.06. The number of ether oxygens (including phenoxy) is 1. The van der Waals surface area contributed by atoms with Gasteiger partial charge in [0.15, 0.2) is 17.3 Å². The Morgan fingerprint density at radius 3 is 2.46 bits per heavy atom. The van der Waals surface area contributed by atoms with Gasteiger partial charge in [0.05, 0.1) is 23.6 Å². The normalized spacial score (nSPS) is 10.6. The van der Waals surface area contributed by atoms with Gasteiger partial charge in [-0.15, -0.1) is 5.10 Å². The van der Waals surface area contributed by atoms with Gasteiger partial charge in [-0.1, -0.05) is 11.8 Å². The number of phenols is 2. The van der Waals surface area contributed by atoms with Crippen molar-refractivity contribution in [1.82, 2.24) is 20.2 Å². The van der Waals surface area contributed by atoms with E-state index in [9.17, 15) is 19.8 Å². The number of aromatic hydroxyl groups is 2. The average Bonchev–Trinajstić information content (AvgIpc) is 3.17. The minimum atomic E-state index is -0.414. The Balaban J connectivity index is 1.70. The molecule has 3 rings (SSSR count). The van der Waals surface area contributed by atoms with Gasteiger partial charge in [-0.2, -0.15) is 4.68 Å². The Bertz CT molecular complexity index is 1000. The number of carbonyl (C=O) groups excluding carboxylic acids is 2. The quantitative estimate of drug-likeness (QED) is 0.265. The molecule has 1 heterocycles. The number of hydrogen-bond donors (Lipinski definition) is 2. The van der Waals surface area contributed by atoms with Crippen LogP contribution in [0.5, 0.6) is 11.5 Å².